The van der Waals surface area contributed by atoms with Crippen molar-refractivity contribution in [3.8, 4) is 5.75 Å². The van der Waals surface area contributed by atoms with Crippen LogP contribution in [0.5, 0.6) is 5.75 Å². The maximum Gasteiger partial charge on any atom is 0.261 e. The number of methoxy groups -OCH3 is 1. The molecule has 0 saturated carbocycles. The van der Waals surface area contributed by atoms with Gasteiger partial charge in [-0.05, 0) is 24.3 Å². The smallest absolute Gasteiger partial charge is 0.261 e. The van der Waals surface area contributed by atoms with E-state index in [1.165, 1.54) is 36.9 Å². The molecule has 0 fully saturated rings. The first kappa shape index (κ1) is 17.6. The number of nitrogens with two attached hydrogens (primary N) is 1. The number of amides is 1. The second-order valence-electron chi connectivity index (χ2n) is 3.54. The largest absolute Gasteiger partial charge is 0.497 e. The SMILES string of the molecule is COc1ccc(S(=O)(=O)CC(N)C(=O)NO)cc1.Cl. The third-order valence-corrected chi connectivity index (χ3v) is 4.05. The van der Waals surface area contributed by atoms with Gasteiger partial charge in [0.2, 0.25) is 0 Å². The molecule has 0 aromatic heterocycles. The molecule has 4 N–H and O–H groups in total. The highest BCUT2D eigenvalue weighted by Gasteiger charge is 2.23. The van der Waals surface area contributed by atoms with E-state index < -0.39 is 27.5 Å². The molecule has 108 valence electrons. The highest BCUT2D eigenvalue weighted by atomic mass is 35.5. The molecule has 0 aliphatic rings. The highest BCUT2D eigenvalue weighted by molar-refractivity contribution is 7.91. The van der Waals surface area contributed by atoms with Crippen LogP contribution in [-0.4, -0.2) is 38.4 Å². The van der Waals surface area contributed by atoms with Crippen LogP contribution in [0.25, 0.3) is 0 Å². The van der Waals surface area contributed by atoms with Gasteiger partial charge in [-0.3, -0.25) is 10.0 Å². The van der Waals surface area contributed by atoms with Crippen LogP contribution in [0.4, 0.5) is 0 Å². The average Bonchev–Trinajstić information content (AvgIpc) is 2.37. The van der Waals surface area contributed by atoms with E-state index in [-0.39, 0.29) is 17.3 Å². The lowest BCUT2D eigenvalue weighted by Gasteiger charge is -2.10. The summed E-state index contributed by atoms with van der Waals surface area (Å²) in [5.74, 6) is -1.02. The molecule has 0 bridgehead atoms. The Morgan fingerprint density at radius 3 is 2.37 bits per heavy atom. The summed E-state index contributed by atoms with van der Waals surface area (Å²) < 4.78 is 28.7. The van der Waals surface area contributed by atoms with Crippen molar-refractivity contribution in [1.29, 1.82) is 0 Å². The molecule has 0 spiro atoms. The molecule has 7 nitrogen and oxygen atoms in total. The van der Waals surface area contributed by atoms with Crippen LogP contribution in [0.15, 0.2) is 29.2 Å². The molecular weight excluding hydrogens is 296 g/mol. The van der Waals surface area contributed by atoms with E-state index in [1.807, 2.05) is 0 Å². The first-order valence-corrected chi connectivity index (χ1v) is 6.62. The Hall–Kier alpha value is -1.35. The summed E-state index contributed by atoms with van der Waals surface area (Å²) >= 11 is 0. The number of rotatable bonds is 5. The minimum atomic E-state index is -3.69. The van der Waals surface area contributed by atoms with Crippen molar-refractivity contribution in [3.63, 3.8) is 0 Å². The summed E-state index contributed by atoms with van der Waals surface area (Å²) in [6.45, 7) is 0. The summed E-state index contributed by atoms with van der Waals surface area (Å²) in [6, 6.07) is 4.37. The van der Waals surface area contributed by atoms with Crippen molar-refractivity contribution < 1.29 is 23.2 Å². The zero-order chi connectivity index (χ0) is 13.8. The van der Waals surface area contributed by atoms with E-state index in [0.29, 0.717) is 5.75 Å². The normalized spacial score (nSPS) is 12.2. The van der Waals surface area contributed by atoms with Crippen molar-refractivity contribution in [2.75, 3.05) is 12.9 Å². The van der Waals surface area contributed by atoms with Gasteiger partial charge in [0.05, 0.1) is 17.8 Å². The lowest BCUT2D eigenvalue weighted by Crippen LogP contribution is -2.43. The number of nitrogens with one attached hydrogen (secondary N) is 1. The zero-order valence-electron chi connectivity index (χ0n) is 10.1. The van der Waals surface area contributed by atoms with E-state index in [0.717, 1.165) is 0 Å². The lowest BCUT2D eigenvalue weighted by molar-refractivity contribution is -0.130. The topological polar surface area (TPSA) is 119 Å². The number of ether oxygens (including phenoxy) is 1. The summed E-state index contributed by atoms with van der Waals surface area (Å²) in [7, 11) is -2.23. The van der Waals surface area contributed by atoms with E-state index in [9.17, 15) is 13.2 Å². The predicted octanol–water partition coefficient (Wildman–Crippen LogP) is -0.277. The molecule has 0 aliphatic heterocycles. The molecule has 1 aromatic rings. The fraction of sp³-hybridized carbons (Fsp3) is 0.300. The molecule has 1 aromatic carbocycles. The molecule has 19 heavy (non-hydrogen) atoms. The lowest BCUT2D eigenvalue weighted by atomic mass is 10.3. The van der Waals surface area contributed by atoms with Crippen molar-refractivity contribution in [2.24, 2.45) is 5.73 Å². The Labute approximate surface area is 117 Å². The Bertz CT molecular complexity index is 517. The third kappa shape index (κ3) is 4.67. The van der Waals surface area contributed by atoms with Crippen LogP contribution in [0.3, 0.4) is 0 Å². The average molecular weight is 311 g/mol. The molecule has 9 heteroatoms. The Morgan fingerprint density at radius 2 is 1.95 bits per heavy atom. The van der Waals surface area contributed by atoms with Crippen molar-refractivity contribution in [3.05, 3.63) is 24.3 Å². The zero-order valence-corrected chi connectivity index (χ0v) is 11.7. The van der Waals surface area contributed by atoms with Crippen LogP contribution >= 0.6 is 12.4 Å². The number of hydrogen-bond acceptors (Lipinski definition) is 6. The predicted molar refractivity (Wildman–Crippen MR) is 70.2 cm³/mol. The monoisotopic (exact) mass is 310 g/mol. The Kier molecular flexibility index (Phi) is 6.77. The Morgan fingerprint density at radius 1 is 1.42 bits per heavy atom. The number of sulfone groups is 1. The van der Waals surface area contributed by atoms with E-state index in [4.69, 9.17) is 15.7 Å². The van der Waals surface area contributed by atoms with Gasteiger partial charge in [-0.25, -0.2) is 13.9 Å². The Balaban J connectivity index is 0.00000324. The van der Waals surface area contributed by atoms with Crippen LogP contribution in [0.2, 0.25) is 0 Å². The molecule has 1 unspecified atom stereocenters. The van der Waals surface area contributed by atoms with Crippen LogP contribution in [0.1, 0.15) is 0 Å². The van der Waals surface area contributed by atoms with Gasteiger partial charge in [-0.15, -0.1) is 12.4 Å². The van der Waals surface area contributed by atoms with Gasteiger partial charge in [0.25, 0.3) is 5.91 Å². The molecule has 0 aliphatic carbocycles. The number of halogens is 1. The molecule has 0 saturated heterocycles. The highest BCUT2D eigenvalue weighted by Crippen LogP contribution is 2.17. The van der Waals surface area contributed by atoms with Gasteiger partial charge in [-0.1, -0.05) is 0 Å². The van der Waals surface area contributed by atoms with Crippen LogP contribution < -0.4 is 16.0 Å². The first-order chi connectivity index (χ1) is 8.40. The maximum absolute atomic E-state index is 11.9. The van der Waals surface area contributed by atoms with Crippen molar-refractivity contribution in [1.82, 2.24) is 5.48 Å². The van der Waals surface area contributed by atoms with Gasteiger partial charge < -0.3 is 10.5 Å². The van der Waals surface area contributed by atoms with Gasteiger partial charge in [-0.2, -0.15) is 0 Å². The second kappa shape index (κ2) is 7.29. The third-order valence-electron chi connectivity index (χ3n) is 2.26. The fourth-order valence-corrected chi connectivity index (χ4v) is 2.64. The molecule has 1 amide bonds. The maximum atomic E-state index is 11.9. The molecule has 0 radical (unpaired) electrons. The van der Waals surface area contributed by atoms with Gasteiger partial charge in [0, 0.05) is 0 Å². The number of hydroxylamine groups is 1. The van der Waals surface area contributed by atoms with E-state index in [2.05, 4.69) is 0 Å². The summed E-state index contributed by atoms with van der Waals surface area (Å²) in [5, 5.41) is 8.35. The van der Waals surface area contributed by atoms with Gasteiger partial charge >= 0.3 is 0 Å². The quantitative estimate of drug-likeness (QED) is 0.508. The first-order valence-electron chi connectivity index (χ1n) is 4.97. The van der Waals surface area contributed by atoms with Crippen LogP contribution in [0, 0.1) is 0 Å². The minimum absolute atomic E-state index is 0. The van der Waals surface area contributed by atoms with Gasteiger partial charge in [0.15, 0.2) is 9.84 Å². The number of hydrogen-bond donors (Lipinski definition) is 3. The molecule has 1 atom stereocenters. The molecular formula is C10H15ClN2O5S. The van der Waals surface area contributed by atoms with Crippen LogP contribution in [-0.2, 0) is 14.6 Å². The summed E-state index contributed by atoms with van der Waals surface area (Å²) in [5.41, 5.74) is 6.64. The standard InChI is InChI=1S/C10H14N2O5S.ClH/c1-17-7-2-4-8(5-3-7)18(15,16)6-9(11)10(13)12-14;/h2-5,9,14H,6,11H2,1H3,(H,12,13);1H. The molecule has 0 heterocycles. The number of carbonyl (C=O) groups is 1. The number of carbonyl (C=O) groups excluding carboxylic acids is 1. The number of benzene rings is 1. The van der Waals surface area contributed by atoms with Crippen molar-refractivity contribution >= 4 is 28.2 Å². The minimum Gasteiger partial charge on any atom is -0.497 e. The summed E-state index contributed by atoms with van der Waals surface area (Å²) in [4.78, 5) is 11.0. The van der Waals surface area contributed by atoms with Gasteiger partial charge in [0.1, 0.15) is 11.8 Å². The summed E-state index contributed by atoms with van der Waals surface area (Å²) in [6.07, 6.45) is 0. The molecule has 1 rings (SSSR count). The second-order valence-corrected chi connectivity index (χ2v) is 5.57. The fourth-order valence-electron chi connectivity index (χ4n) is 1.27. The van der Waals surface area contributed by atoms with E-state index in [1.54, 1.807) is 0 Å². The van der Waals surface area contributed by atoms with Crippen molar-refractivity contribution in [2.45, 2.75) is 10.9 Å². The van der Waals surface area contributed by atoms with E-state index >= 15 is 0 Å².